The van der Waals surface area contributed by atoms with Crippen LogP contribution in [0.3, 0.4) is 0 Å². The Hall–Kier alpha value is -1.97. The van der Waals surface area contributed by atoms with E-state index < -0.39 is 15.8 Å². The first kappa shape index (κ1) is 20.3. The number of aromatic nitrogens is 1. The molecule has 2 fully saturated rings. The summed E-state index contributed by atoms with van der Waals surface area (Å²) in [5.41, 5.74) is 0.782. The van der Waals surface area contributed by atoms with E-state index in [0.717, 1.165) is 42.6 Å². The van der Waals surface area contributed by atoms with Crippen molar-refractivity contribution in [2.45, 2.75) is 48.2 Å². The van der Waals surface area contributed by atoms with Gasteiger partial charge in [-0.15, -0.1) is 11.3 Å². The van der Waals surface area contributed by atoms with Crippen molar-refractivity contribution in [1.29, 1.82) is 0 Å². The van der Waals surface area contributed by atoms with E-state index in [1.807, 2.05) is 0 Å². The molecule has 2 aliphatic rings. The maximum Gasteiger partial charge on any atom is 0.233 e. The molecule has 29 heavy (non-hydrogen) atoms. The van der Waals surface area contributed by atoms with E-state index in [1.165, 1.54) is 5.38 Å². The van der Waals surface area contributed by atoms with E-state index in [9.17, 15) is 18.3 Å². The lowest BCUT2D eigenvalue weighted by molar-refractivity contribution is -0.118. The Morgan fingerprint density at radius 2 is 1.90 bits per heavy atom. The van der Waals surface area contributed by atoms with Crippen LogP contribution in [0, 0.1) is 5.92 Å². The van der Waals surface area contributed by atoms with Crippen LogP contribution in [0.5, 0.6) is 5.88 Å². The number of nitrogens with zero attached hydrogens (tertiary/aromatic N) is 1. The molecule has 1 atom stereocenters. The Labute approximate surface area is 174 Å². The summed E-state index contributed by atoms with van der Waals surface area (Å²) in [6.45, 7) is 1.38. The third kappa shape index (κ3) is 4.79. The highest BCUT2D eigenvalue weighted by Crippen LogP contribution is 2.35. The first-order chi connectivity index (χ1) is 13.9. The summed E-state index contributed by atoms with van der Waals surface area (Å²) < 4.78 is 30.3. The van der Waals surface area contributed by atoms with E-state index in [-0.39, 0.29) is 17.0 Å². The molecule has 1 aromatic heterocycles. The van der Waals surface area contributed by atoms with Crippen LogP contribution in [0.2, 0.25) is 0 Å². The van der Waals surface area contributed by atoms with Gasteiger partial charge in [-0.1, -0.05) is 12.1 Å². The van der Waals surface area contributed by atoms with Gasteiger partial charge in [-0.2, -0.15) is 4.98 Å². The molecular formula is C20H24N2O5S2. The third-order valence-corrected chi connectivity index (χ3v) is 8.55. The second kappa shape index (κ2) is 8.41. The molecule has 1 saturated heterocycles. The number of amides is 1. The molecule has 1 unspecified atom stereocenters. The van der Waals surface area contributed by atoms with Crippen molar-refractivity contribution in [3.05, 3.63) is 35.2 Å². The number of ether oxygens (including phenoxy) is 1. The standard InChI is InChI=1S/C20H24N2O5S2/c23-18-12-28-20(21-18)22-19(24)17(11-13-7-9-27-10-8-13)14-1-3-15(4-2-14)29(25,26)16-5-6-16/h1-4,12-13,16-17,23H,5-11H2,(H,21,22,24). The molecule has 1 aromatic carbocycles. The SMILES string of the molecule is O=C(Nc1nc(O)cs1)C(CC1CCOCC1)c1ccc(S(=O)(=O)C2CC2)cc1. The lowest BCUT2D eigenvalue weighted by Gasteiger charge is -2.26. The van der Waals surface area contributed by atoms with Crippen molar-refractivity contribution >= 4 is 32.2 Å². The summed E-state index contributed by atoms with van der Waals surface area (Å²) in [4.78, 5) is 17.2. The predicted octanol–water partition coefficient (Wildman–Crippen LogP) is 3.32. The van der Waals surface area contributed by atoms with Crippen LogP contribution in [0.25, 0.3) is 0 Å². The predicted molar refractivity (Wildman–Crippen MR) is 110 cm³/mol. The van der Waals surface area contributed by atoms with E-state index in [4.69, 9.17) is 4.74 Å². The summed E-state index contributed by atoms with van der Waals surface area (Å²) in [6.07, 6.45) is 3.90. The minimum atomic E-state index is -3.25. The van der Waals surface area contributed by atoms with Gasteiger partial charge in [0.1, 0.15) is 0 Å². The fourth-order valence-electron chi connectivity index (χ4n) is 3.69. The largest absolute Gasteiger partial charge is 0.493 e. The number of hydrogen-bond donors (Lipinski definition) is 2. The van der Waals surface area contributed by atoms with Crippen molar-refractivity contribution in [3.63, 3.8) is 0 Å². The van der Waals surface area contributed by atoms with Crippen molar-refractivity contribution in [1.82, 2.24) is 4.98 Å². The molecule has 0 spiro atoms. The monoisotopic (exact) mass is 436 g/mol. The normalized spacial score (nSPS) is 19.0. The van der Waals surface area contributed by atoms with E-state index >= 15 is 0 Å². The van der Waals surface area contributed by atoms with Gasteiger partial charge < -0.3 is 15.2 Å². The molecule has 2 heterocycles. The fourth-order valence-corrected chi connectivity index (χ4v) is 5.92. The summed E-state index contributed by atoms with van der Waals surface area (Å²) in [5.74, 6) is -0.398. The van der Waals surface area contributed by atoms with Crippen LogP contribution < -0.4 is 5.32 Å². The first-order valence-electron chi connectivity index (χ1n) is 9.80. The van der Waals surface area contributed by atoms with E-state index in [2.05, 4.69) is 10.3 Å². The van der Waals surface area contributed by atoms with Gasteiger partial charge in [0, 0.05) is 13.2 Å². The summed E-state index contributed by atoms with van der Waals surface area (Å²) in [7, 11) is -3.25. The summed E-state index contributed by atoms with van der Waals surface area (Å²) in [6, 6.07) is 6.72. The van der Waals surface area contributed by atoms with Crippen LogP contribution in [-0.2, 0) is 19.4 Å². The zero-order valence-corrected chi connectivity index (χ0v) is 17.5. The molecule has 4 rings (SSSR count). The molecule has 1 saturated carbocycles. The molecular weight excluding hydrogens is 412 g/mol. The number of aromatic hydroxyl groups is 1. The van der Waals surface area contributed by atoms with Crippen LogP contribution in [-0.4, -0.2) is 42.9 Å². The van der Waals surface area contributed by atoms with Crippen LogP contribution in [0.15, 0.2) is 34.5 Å². The zero-order valence-electron chi connectivity index (χ0n) is 15.9. The fraction of sp³-hybridized carbons (Fsp3) is 0.500. The Morgan fingerprint density at radius 1 is 1.21 bits per heavy atom. The lowest BCUT2D eigenvalue weighted by atomic mass is 9.84. The topological polar surface area (TPSA) is 106 Å². The molecule has 9 heteroatoms. The van der Waals surface area contributed by atoms with Gasteiger partial charge in [0.15, 0.2) is 15.0 Å². The van der Waals surface area contributed by atoms with Crippen molar-refractivity contribution < 1.29 is 23.1 Å². The smallest absolute Gasteiger partial charge is 0.233 e. The van der Waals surface area contributed by atoms with Crippen LogP contribution >= 0.6 is 11.3 Å². The maximum absolute atomic E-state index is 13.0. The van der Waals surface area contributed by atoms with Crippen molar-refractivity contribution in [2.75, 3.05) is 18.5 Å². The van der Waals surface area contributed by atoms with Crippen molar-refractivity contribution in [2.24, 2.45) is 5.92 Å². The summed E-state index contributed by atoms with van der Waals surface area (Å²) in [5, 5.41) is 13.7. The highest BCUT2D eigenvalue weighted by Gasteiger charge is 2.37. The van der Waals surface area contributed by atoms with Gasteiger partial charge in [-0.25, -0.2) is 8.42 Å². The highest BCUT2D eigenvalue weighted by atomic mass is 32.2. The van der Waals surface area contributed by atoms with Gasteiger partial charge in [0.05, 0.1) is 21.4 Å². The number of benzene rings is 1. The molecule has 0 radical (unpaired) electrons. The third-order valence-electron chi connectivity index (χ3n) is 5.52. The Kier molecular flexibility index (Phi) is 5.89. The first-order valence-corrected chi connectivity index (χ1v) is 12.2. The van der Waals surface area contributed by atoms with Crippen LogP contribution in [0.1, 0.15) is 43.6 Å². The van der Waals surface area contributed by atoms with Crippen LogP contribution in [0.4, 0.5) is 5.13 Å². The molecule has 2 N–H and O–H groups in total. The average Bonchev–Trinajstić information content (AvgIpc) is 3.51. The second-order valence-corrected chi connectivity index (χ2v) is 10.7. The zero-order chi connectivity index (χ0) is 20.4. The number of thiazole rings is 1. The van der Waals surface area contributed by atoms with Crippen molar-refractivity contribution in [3.8, 4) is 5.88 Å². The number of anilines is 1. The molecule has 0 bridgehead atoms. The van der Waals surface area contributed by atoms with Gasteiger partial charge in [-0.05, 0) is 55.7 Å². The number of carbonyl (C=O) groups excluding carboxylic acids is 1. The van der Waals surface area contributed by atoms with E-state index in [0.29, 0.717) is 35.6 Å². The molecule has 2 aromatic rings. The molecule has 1 aliphatic carbocycles. The minimum absolute atomic E-state index is 0.124. The lowest BCUT2D eigenvalue weighted by Crippen LogP contribution is -2.26. The second-order valence-electron chi connectivity index (χ2n) is 7.66. The number of carbonyl (C=O) groups is 1. The van der Waals surface area contributed by atoms with E-state index in [1.54, 1.807) is 24.3 Å². The quantitative estimate of drug-likeness (QED) is 0.690. The molecule has 1 aliphatic heterocycles. The molecule has 7 nitrogen and oxygen atoms in total. The Balaban J connectivity index is 1.55. The number of nitrogens with one attached hydrogen (secondary N) is 1. The van der Waals surface area contributed by atoms with Gasteiger partial charge in [0.2, 0.25) is 11.8 Å². The Morgan fingerprint density at radius 3 is 2.48 bits per heavy atom. The van der Waals surface area contributed by atoms with Gasteiger partial charge in [-0.3, -0.25) is 4.79 Å². The summed E-state index contributed by atoms with van der Waals surface area (Å²) >= 11 is 1.16. The minimum Gasteiger partial charge on any atom is -0.493 e. The highest BCUT2D eigenvalue weighted by molar-refractivity contribution is 7.92. The molecule has 156 valence electrons. The number of rotatable bonds is 7. The van der Waals surface area contributed by atoms with Gasteiger partial charge in [0.25, 0.3) is 0 Å². The maximum atomic E-state index is 13.0. The molecule has 1 amide bonds. The average molecular weight is 437 g/mol. The Bertz CT molecular complexity index is 961. The van der Waals surface area contributed by atoms with Gasteiger partial charge >= 0.3 is 0 Å². The number of hydrogen-bond acceptors (Lipinski definition) is 7. The number of sulfone groups is 1.